The van der Waals surface area contributed by atoms with Crippen LogP contribution in [-0.4, -0.2) is 15.1 Å². The minimum Gasteiger partial charge on any atom is -0.306 e. The fourth-order valence-corrected chi connectivity index (χ4v) is 2.09. The molecule has 1 N–H and O–H groups in total. The van der Waals surface area contributed by atoms with Gasteiger partial charge >= 0.3 is 5.00 Å². The van der Waals surface area contributed by atoms with Crippen molar-refractivity contribution in [2.45, 2.75) is 13.1 Å². The highest BCUT2D eigenvalue weighted by molar-refractivity contribution is 7.15. The van der Waals surface area contributed by atoms with Crippen LogP contribution in [0.4, 0.5) is 5.00 Å². The highest BCUT2D eigenvalue weighted by Crippen LogP contribution is 2.23. The summed E-state index contributed by atoms with van der Waals surface area (Å²) < 4.78 is 0. The fraction of sp³-hybridized carbons (Fsp3) is 0.200. The van der Waals surface area contributed by atoms with Crippen molar-refractivity contribution in [3.63, 3.8) is 0 Å². The van der Waals surface area contributed by atoms with Gasteiger partial charge in [-0.05, 0) is 18.2 Å². The van der Waals surface area contributed by atoms with E-state index >= 15 is 0 Å². The van der Waals surface area contributed by atoms with Gasteiger partial charge < -0.3 is 5.32 Å². The third kappa shape index (κ3) is 3.30. The molecule has 17 heavy (non-hydrogen) atoms. The molecule has 2 rings (SSSR count). The molecule has 2 heterocycles. The molecular formula is C10H10N4O2S. The quantitative estimate of drug-likeness (QED) is 0.645. The lowest BCUT2D eigenvalue weighted by Crippen LogP contribution is -2.12. The predicted octanol–water partition coefficient (Wildman–Crippen LogP) is 1.74. The number of hydrogen-bond donors (Lipinski definition) is 1. The van der Waals surface area contributed by atoms with Crippen molar-refractivity contribution in [2.75, 3.05) is 0 Å². The minimum atomic E-state index is -0.378. The Hall–Kier alpha value is -1.86. The second kappa shape index (κ2) is 5.46. The summed E-state index contributed by atoms with van der Waals surface area (Å²) >= 11 is 1.18. The summed E-state index contributed by atoms with van der Waals surface area (Å²) in [6.07, 6.45) is 1.62. The summed E-state index contributed by atoms with van der Waals surface area (Å²) in [6, 6.07) is 6.97. The molecule has 2 aromatic heterocycles. The van der Waals surface area contributed by atoms with Crippen molar-refractivity contribution in [3.05, 3.63) is 51.1 Å². The maximum atomic E-state index is 10.5. The van der Waals surface area contributed by atoms with Gasteiger partial charge in [0.25, 0.3) is 0 Å². The average molecular weight is 250 g/mol. The van der Waals surface area contributed by atoms with Crippen LogP contribution in [0.3, 0.4) is 0 Å². The van der Waals surface area contributed by atoms with E-state index in [0.29, 0.717) is 13.1 Å². The predicted molar refractivity (Wildman–Crippen MR) is 63.5 cm³/mol. The Morgan fingerprint density at radius 1 is 1.35 bits per heavy atom. The van der Waals surface area contributed by atoms with Crippen molar-refractivity contribution in [1.29, 1.82) is 0 Å². The van der Waals surface area contributed by atoms with Gasteiger partial charge in [0, 0.05) is 30.2 Å². The molecule has 0 aliphatic heterocycles. The summed E-state index contributed by atoms with van der Waals surface area (Å²) in [5.41, 5.74) is 0.846. The van der Waals surface area contributed by atoms with E-state index in [1.54, 1.807) is 12.3 Å². The first-order valence-electron chi connectivity index (χ1n) is 4.96. The maximum absolute atomic E-state index is 10.5. The Morgan fingerprint density at radius 3 is 2.88 bits per heavy atom. The number of nitro groups is 1. The fourth-order valence-electron chi connectivity index (χ4n) is 1.30. The summed E-state index contributed by atoms with van der Waals surface area (Å²) in [5.74, 6) is 0. The molecule has 0 atom stereocenters. The molecule has 0 fully saturated rings. The van der Waals surface area contributed by atoms with Gasteiger partial charge in [0.15, 0.2) is 0 Å². The third-order valence-electron chi connectivity index (χ3n) is 2.06. The lowest BCUT2D eigenvalue weighted by atomic mass is 10.4. The van der Waals surface area contributed by atoms with Crippen LogP contribution in [0.2, 0.25) is 0 Å². The first-order chi connectivity index (χ1) is 8.25. The minimum absolute atomic E-state index is 0.168. The number of hydrogen-bond acceptors (Lipinski definition) is 6. The van der Waals surface area contributed by atoms with Crippen LogP contribution < -0.4 is 5.32 Å². The van der Waals surface area contributed by atoms with E-state index in [2.05, 4.69) is 15.5 Å². The number of nitrogens with one attached hydrogen (secondary N) is 1. The lowest BCUT2D eigenvalue weighted by molar-refractivity contribution is -0.380. The Labute approximate surface area is 101 Å². The lowest BCUT2D eigenvalue weighted by Gasteiger charge is -2.00. The van der Waals surface area contributed by atoms with Gasteiger partial charge in [-0.25, -0.2) is 0 Å². The average Bonchev–Trinajstić information content (AvgIpc) is 2.79. The van der Waals surface area contributed by atoms with Gasteiger partial charge in [-0.3, -0.25) is 10.1 Å². The zero-order valence-electron chi connectivity index (χ0n) is 8.87. The van der Waals surface area contributed by atoms with E-state index < -0.39 is 0 Å². The molecule has 0 spiro atoms. The van der Waals surface area contributed by atoms with Crippen molar-refractivity contribution in [1.82, 2.24) is 15.5 Å². The number of thiophene rings is 1. The van der Waals surface area contributed by atoms with Crippen LogP contribution >= 0.6 is 11.3 Å². The molecule has 2 aromatic rings. The Balaban J connectivity index is 1.84. The summed E-state index contributed by atoms with van der Waals surface area (Å²) in [6.45, 7) is 1.19. The van der Waals surface area contributed by atoms with Crippen LogP contribution in [0.1, 0.15) is 10.6 Å². The van der Waals surface area contributed by atoms with Crippen molar-refractivity contribution >= 4 is 16.3 Å². The second-order valence-corrected chi connectivity index (χ2v) is 4.46. The van der Waals surface area contributed by atoms with Gasteiger partial charge in [0.2, 0.25) is 0 Å². The smallest absolute Gasteiger partial charge is 0.306 e. The first kappa shape index (κ1) is 11.6. The summed E-state index contributed by atoms with van der Waals surface area (Å²) in [5, 5.41) is 21.5. The second-order valence-electron chi connectivity index (χ2n) is 3.32. The zero-order valence-corrected chi connectivity index (χ0v) is 9.68. The van der Waals surface area contributed by atoms with E-state index in [4.69, 9.17) is 0 Å². The van der Waals surface area contributed by atoms with Gasteiger partial charge in [0.1, 0.15) is 0 Å². The monoisotopic (exact) mass is 250 g/mol. The van der Waals surface area contributed by atoms with E-state index in [-0.39, 0.29) is 9.92 Å². The molecule has 0 amide bonds. The molecule has 0 aliphatic carbocycles. The van der Waals surface area contributed by atoms with Gasteiger partial charge in [-0.1, -0.05) is 11.3 Å². The van der Waals surface area contributed by atoms with E-state index in [1.165, 1.54) is 17.4 Å². The highest BCUT2D eigenvalue weighted by Gasteiger charge is 2.08. The molecule has 0 saturated carbocycles. The van der Waals surface area contributed by atoms with Gasteiger partial charge in [0.05, 0.1) is 10.6 Å². The highest BCUT2D eigenvalue weighted by atomic mass is 32.1. The number of aromatic nitrogens is 2. The van der Waals surface area contributed by atoms with Crippen LogP contribution in [-0.2, 0) is 13.1 Å². The van der Waals surface area contributed by atoms with Crippen molar-refractivity contribution < 1.29 is 4.92 Å². The van der Waals surface area contributed by atoms with Gasteiger partial charge in [-0.2, -0.15) is 10.2 Å². The van der Waals surface area contributed by atoms with Crippen molar-refractivity contribution in [2.24, 2.45) is 0 Å². The van der Waals surface area contributed by atoms with Crippen LogP contribution in [0.25, 0.3) is 0 Å². The molecule has 0 radical (unpaired) electrons. The number of nitrogens with zero attached hydrogens (tertiary/aromatic N) is 3. The molecule has 0 aromatic carbocycles. The molecule has 7 heteroatoms. The molecule has 0 unspecified atom stereocenters. The standard InChI is InChI=1S/C10H10N4O2S/c15-14(16)10-4-3-9(17-10)7-11-6-8-2-1-5-12-13-8/h1-5,11H,6-7H2. The summed E-state index contributed by atoms with van der Waals surface area (Å²) in [7, 11) is 0. The largest absolute Gasteiger partial charge is 0.324 e. The molecule has 0 bridgehead atoms. The molecule has 0 saturated heterocycles. The van der Waals surface area contributed by atoms with E-state index in [0.717, 1.165) is 10.6 Å². The van der Waals surface area contributed by atoms with E-state index in [9.17, 15) is 10.1 Å². The zero-order chi connectivity index (χ0) is 12.1. The Bertz CT molecular complexity index is 500. The first-order valence-corrected chi connectivity index (χ1v) is 5.78. The molecular weight excluding hydrogens is 240 g/mol. The Kier molecular flexibility index (Phi) is 3.73. The molecule has 6 nitrogen and oxygen atoms in total. The normalized spacial score (nSPS) is 10.4. The number of rotatable bonds is 5. The summed E-state index contributed by atoms with van der Waals surface area (Å²) in [4.78, 5) is 11.0. The SMILES string of the molecule is O=[N+]([O-])c1ccc(CNCc2cccnn2)s1. The Morgan fingerprint density at radius 2 is 2.24 bits per heavy atom. The van der Waals surface area contributed by atoms with Crippen LogP contribution in [0.5, 0.6) is 0 Å². The van der Waals surface area contributed by atoms with Crippen LogP contribution in [0, 0.1) is 10.1 Å². The van der Waals surface area contributed by atoms with Crippen molar-refractivity contribution in [3.8, 4) is 0 Å². The topological polar surface area (TPSA) is 81.0 Å². The van der Waals surface area contributed by atoms with Gasteiger partial charge in [-0.15, -0.1) is 0 Å². The van der Waals surface area contributed by atoms with E-state index in [1.807, 2.05) is 12.1 Å². The molecule has 0 aliphatic rings. The third-order valence-corrected chi connectivity index (χ3v) is 3.10. The van der Waals surface area contributed by atoms with Crippen LogP contribution in [0.15, 0.2) is 30.5 Å². The maximum Gasteiger partial charge on any atom is 0.324 e. The molecule has 88 valence electrons.